The second-order valence-corrected chi connectivity index (χ2v) is 7.69. The summed E-state index contributed by atoms with van der Waals surface area (Å²) in [5, 5.41) is 4.89. The molecule has 0 saturated carbocycles. The molecular formula is C22H23ClN4O2. The molecule has 1 amide bonds. The Morgan fingerprint density at radius 1 is 1.07 bits per heavy atom. The van der Waals surface area contributed by atoms with Crippen molar-refractivity contribution in [2.24, 2.45) is 0 Å². The average Bonchev–Trinajstić information content (AvgIpc) is 2.74. The number of rotatable bonds is 4. The van der Waals surface area contributed by atoms with Crippen molar-refractivity contribution in [1.82, 2.24) is 9.88 Å². The number of aromatic amines is 1. The zero-order chi connectivity index (χ0) is 20.4. The molecule has 1 aliphatic heterocycles. The number of piperazine rings is 1. The summed E-state index contributed by atoms with van der Waals surface area (Å²) in [4.78, 5) is 30.9. The highest BCUT2D eigenvalue weighted by Gasteiger charge is 2.21. The number of nitrogens with one attached hydrogen (secondary N) is 2. The highest BCUT2D eigenvalue weighted by atomic mass is 35.5. The Balaban J connectivity index is 1.32. The standard InChI is InChI=1S/C22H23ClN4O2/c1-15-12-18(4-5-19(15)23)26-8-10-27(11-9-26)22(29)14-24-17-3-6-20-16(13-17)2-7-21(28)25-20/h2-7,12-13,24H,8-11,14H2,1H3,(H,25,28). The number of fused-ring (bicyclic) bond motifs is 1. The fourth-order valence-corrected chi connectivity index (χ4v) is 3.71. The molecule has 0 spiro atoms. The number of hydrogen-bond acceptors (Lipinski definition) is 4. The molecule has 0 atom stereocenters. The van der Waals surface area contributed by atoms with Gasteiger partial charge in [0.25, 0.3) is 0 Å². The zero-order valence-electron chi connectivity index (χ0n) is 16.2. The van der Waals surface area contributed by atoms with E-state index in [1.54, 1.807) is 6.07 Å². The van der Waals surface area contributed by atoms with E-state index < -0.39 is 0 Å². The summed E-state index contributed by atoms with van der Waals surface area (Å²) in [5.74, 6) is 0.0819. The van der Waals surface area contributed by atoms with Crippen LogP contribution in [0.1, 0.15) is 5.56 Å². The van der Waals surface area contributed by atoms with Crippen molar-refractivity contribution in [3.63, 3.8) is 0 Å². The fourth-order valence-electron chi connectivity index (χ4n) is 3.59. The van der Waals surface area contributed by atoms with Crippen LogP contribution in [0.15, 0.2) is 53.3 Å². The van der Waals surface area contributed by atoms with Gasteiger partial charge < -0.3 is 20.1 Å². The first-order valence-electron chi connectivity index (χ1n) is 9.65. The van der Waals surface area contributed by atoms with Crippen molar-refractivity contribution in [3.8, 4) is 0 Å². The minimum absolute atomic E-state index is 0.0819. The Hall–Kier alpha value is -2.99. The maximum absolute atomic E-state index is 12.6. The smallest absolute Gasteiger partial charge is 0.248 e. The van der Waals surface area contributed by atoms with E-state index in [0.717, 1.165) is 46.0 Å². The lowest BCUT2D eigenvalue weighted by Gasteiger charge is -2.36. The van der Waals surface area contributed by atoms with Crippen LogP contribution in [0.5, 0.6) is 0 Å². The number of carbonyl (C=O) groups is 1. The highest BCUT2D eigenvalue weighted by molar-refractivity contribution is 6.31. The second kappa shape index (κ2) is 8.17. The monoisotopic (exact) mass is 410 g/mol. The minimum Gasteiger partial charge on any atom is -0.376 e. The largest absolute Gasteiger partial charge is 0.376 e. The lowest BCUT2D eigenvalue weighted by Crippen LogP contribution is -2.50. The molecule has 7 heteroatoms. The Kier molecular flexibility index (Phi) is 5.45. The van der Waals surface area contributed by atoms with E-state index in [1.165, 1.54) is 6.07 Å². The van der Waals surface area contributed by atoms with Crippen LogP contribution in [-0.2, 0) is 4.79 Å². The molecule has 150 valence electrons. The van der Waals surface area contributed by atoms with Crippen molar-refractivity contribution >= 4 is 39.8 Å². The fraction of sp³-hybridized carbons (Fsp3) is 0.273. The van der Waals surface area contributed by atoms with Crippen LogP contribution >= 0.6 is 11.6 Å². The number of benzene rings is 2. The number of nitrogens with zero attached hydrogens (tertiary/aromatic N) is 2. The molecule has 2 heterocycles. The van der Waals surface area contributed by atoms with Gasteiger partial charge in [-0.3, -0.25) is 9.59 Å². The third-order valence-electron chi connectivity index (χ3n) is 5.31. The van der Waals surface area contributed by atoms with Crippen LogP contribution in [0.4, 0.5) is 11.4 Å². The molecule has 0 aliphatic carbocycles. The predicted octanol–water partition coefficient (Wildman–Crippen LogP) is 3.25. The first-order chi connectivity index (χ1) is 14.0. The molecule has 0 bridgehead atoms. The molecule has 2 aromatic carbocycles. The molecule has 4 rings (SSSR count). The van der Waals surface area contributed by atoms with Gasteiger partial charge in [-0.25, -0.2) is 0 Å². The van der Waals surface area contributed by atoms with Gasteiger partial charge in [0.1, 0.15) is 0 Å². The molecule has 0 unspecified atom stereocenters. The molecule has 2 N–H and O–H groups in total. The van der Waals surface area contributed by atoms with Gasteiger partial charge in [-0.1, -0.05) is 11.6 Å². The van der Waals surface area contributed by atoms with Gasteiger partial charge in [-0.2, -0.15) is 0 Å². The second-order valence-electron chi connectivity index (χ2n) is 7.28. The molecule has 3 aromatic rings. The Bertz CT molecular complexity index is 1100. The molecule has 29 heavy (non-hydrogen) atoms. The SMILES string of the molecule is Cc1cc(N2CCN(C(=O)CNc3ccc4[nH]c(=O)ccc4c3)CC2)ccc1Cl. The van der Waals surface area contributed by atoms with Crippen molar-refractivity contribution in [2.75, 3.05) is 42.9 Å². The summed E-state index contributed by atoms with van der Waals surface area (Å²) in [6.07, 6.45) is 0. The predicted molar refractivity (Wildman–Crippen MR) is 118 cm³/mol. The van der Waals surface area contributed by atoms with Gasteiger partial charge in [0.15, 0.2) is 0 Å². The topological polar surface area (TPSA) is 68.4 Å². The van der Waals surface area contributed by atoms with E-state index in [2.05, 4.69) is 21.3 Å². The van der Waals surface area contributed by atoms with Gasteiger partial charge in [0.2, 0.25) is 11.5 Å². The molecule has 1 saturated heterocycles. The number of aryl methyl sites for hydroxylation is 1. The summed E-state index contributed by atoms with van der Waals surface area (Å²) in [6, 6.07) is 15.0. The maximum Gasteiger partial charge on any atom is 0.248 e. The number of hydrogen-bond donors (Lipinski definition) is 2. The lowest BCUT2D eigenvalue weighted by molar-refractivity contribution is -0.129. The Morgan fingerprint density at radius 3 is 2.62 bits per heavy atom. The molecule has 1 aliphatic rings. The summed E-state index contributed by atoms with van der Waals surface area (Å²) < 4.78 is 0. The lowest BCUT2D eigenvalue weighted by atomic mass is 10.2. The van der Waals surface area contributed by atoms with Gasteiger partial charge in [0, 0.05) is 59.5 Å². The molecule has 6 nitrogen and oxygen atoms in total. The van der Waals surface area contributed by atoms with E-state index in [1.807, 2.05) is 42.2 Å². The molecule has 1 aromatic heterocycles. The van der Waals surface area contributed by atoms with Crippen LogP contribution in [0.25, 0.3) is 10.9 Å². The Morgan fingerprint density at radius 2 is 1.86 bits per heavy atom. The summed E-state index contributed by atoms with van der Waals surface area (Å²) >= 11 is 6.11. The first kappa shape index (κ1) is 19.3. The van der Waals surface area contributed by atoms with E-state index in [9.17, 15) is 9.59 Å². The number of aromatic nitrogens is 1. The van der Waals surface area contributed by atoms with Crippen LogP contribution in [0.3, 0.4) is 0 Å². The first-order valence-corrected chi connectivity index (χ1v) is 10.0. The normalized spacial score (nSPS) is 14.3. The third-order valence-corrected chi connectivity index (χ3v) is 5.73. The van der Waals surface area contributed by atoms with Crippen molar-refractivity contribution < 1.29 is 4.79 Å². The maximum atomic E-state index is 12.6. The van der Waals surface area contributed by atoms with E-state index in [-0.39, 0.29) is 18.0 Å². The van der Waals surface area contributed by atoms with Crippen molar-refractivity contribution in [1.29, 1.82) is 0 Å². The number of pyridine rings is 1. The number of H-pyrrole nitrogens is 1. The molecular weight excluding hydrogens is 388 g/mol. The molecule has 0 radical (unpaired) electrons. The van der Waals surface area contributed by atoms with Gasteiger partial charge in [-0.05, 0) is 55.0 Å². The molecule has 1 fully saturated rings. The summed E-state index contributed by atoms with van der Waals surface area (Å²) in [7, 11) is 0. The number of amides is 1. The summed E-state index contributed by atoms with van der Waals surface area (Å²) in [5.41, 5.74) is 3.72. The average molecular weight is 411 g/mol. The Labute approximate surface area is 174 Å². The van der Waals surface area contributed by atoms with Crippen LogP contribution in [0, 0.1) is 6.92 Å². The minimum atomic E-state index is -0.124. The zero-order valence-corrected chi connectivity index (χ0v) is 17.0. The number of anilines is 2. The van der Waals surface area contributed by atoms with Crippen molar-refractivity contribution in [3.05, 3.63) is 69.5 Å². The van der Waals surface area contributed by atoms with Crippen molar-refractivity contribution in [2.45, 2.75) is 6.92 Å². The van der Waals surface area contributed by atoms with Gasteiger partial charge in [0.05, 0.1) is 6.54 Å². The number of halogens is 1. The quantitative estimate of drug-likeness (QED) is 0.692. The van der Waals surface area contributed by atoms with Crippen LogP contribution in [-0.4, -0.2) is 48.5 Å². The van der Waals surface area contributed by atoms with Crippen LogP contribution in [0.2, 0.25) is 5.02 Å². The number of carbonyl (C=O) groups excluding carboxylic acids is 1. The van der Waals surface area contributed by atoms with E-state index >= 15 is 0 Å². The third kappa shape index (κ3) is 4.38. The van der Waals surface area contributed by atoms with Gasteiger partial charge in [-0.15, -0.1) is 0 Å². The van der Waals surface area contributed by atoms with Crippen LogP contribution < -0.4 is 15.8 Å². The summed E-state index contributed by atoms with van der Waals surface area (Å²) in [6.45, 7) is 5.24. The van der Waals surface area contributed by atoms with E-state index in [4.69, 9.17) is 11.6 Å². The van der Waals surface area contributed by atoms with Gasteiger partial charge >= 0.3 is 0 Å². The highest BCUT2D eigenvalue weighted by Crippen LogP contribution is 2.23. The van der Waals surface area contributed by atoms with E-state index in [0.29, 0.717) is 13.1 Å².